The molecule has 0 fully saturated rings. The van der Waals surface area contributed by atoms with E-state index in [9.17, 15) is 13.2 Å². The fraction of sp³-hybridized carbons (Fsp3) is 0.471. The molecule has 0 bridgehead atoms. The van der Waals surface area contributed by atoms with Gasteiger partial charge in [-0.1, -0.05) is 25.4 Å². The largest absolute Gasteiger partial charge is 0.491 e. The van der Waals surface area contributed by atoms with Crippen LogP contribution in [0.2, 0.25) is 4.47 Å². The quantitative estimate of drug-likeness (QED) is 0.565. The first-order chi connectivity index (χ1) is 11.7. The van der Waals surface area contributed by atoms with Crippen LogP contribution in [0.4, 0.5) is 13.2 Å². The van der Waals surface area contributed by atoms with Crippen LogP contribution >= 0.6 is 22.9 Å². The van der Waals surface area contributed by atoms with E-state index in [-0.39, 0.29) is 19.0 Å². The van der Waals surface area contributed by atoms with Crippen LogP contribution in [0.3, 0.4) is 0 Å². The molecular weight excluding hydrogens is 375 g/mol. The molecule has 2 aromatic rings. The van der Waals surface area contributed by atoms with Crippen molar-refractivity contribution in [1.29, 1.82) is 0 Å². The number of halogens is 4. The van der Waals surface area contributed by atoms with Crippen LogP contribution in [0.15, 0.2) is 18.2 Å². The van der Waals surface area contributed by atoms with Gasteiger partial charge in [-0.25, -0.2) is 4.98 Å². The Kier molecular flexibility index (Phi) is 6.71. The number of thiazole rings is 1. The van der Waals surface area contributed by atoms with Crippen molar-refractivity contribution in [3.63, 3.8) is 0 Å². The summed E-state index contributed by atoms with van der Waals surface area (Å²) in [7, 11) is 1.46. The van der Waals surface area contributed by atoms with Crippen molar-refractivity contribution >= 4 is 22.9 Å². The summed E-state index contributed by atoms with van der Waals surface area (Å²) in [4.78, 5) is 5.09. The lowest BCUT2D eigenvalue weighted by Crippen LogP contribution is -2.11. The third-order valence-electron chi connectivity index (χ3n) is 3.37. The highest BCUT2D eigenvalue weighted by molar-refractivity contribution is 7.16. The molecule has 0 saturated heterocycles. The van der Waals surface area contributed by atoms with Crippen LogP contribution in [0.5, 0.6) is 5.75 Å². The van der Waals surface area contributed by atoms with E-state index in [1.807, 2.05) is 13.8 Å². The normalized spacial score (nSPS) is 12.0. The maximum absolute atomic E-state index is 13.4. The van der Waals surface area contributed by atoms with Gasteiger partial charge in [0.2, 0.25) is 0 Å². The highest BCUT2D eigenvalue weighted by atomic mass is 35.5. The lowest BCUT2D eigenvalue weighted by Gasteiger charge is -2.15. The molecule has 2 rings (SSSR count). The van der Waals surface area contributed by atoms with Crippen molar-refractivity contribution < 1.29 is 22.6 Å². The number of ether oxygens (including phenoxy) is 2. The highest BCUT2D eigenvalue weighted by Gasteiger charge is 2.35. The summed E-state index contributed by atoms with van der Waals surface area (Å²) in [6.07, 6.45) is -3.83. The van der Waals surface area contributed by atoms with E-state index in [4.69, 9.17) is 21.1 Å². The van der Waals surface area contributed by atoms with Gasteiger partial charge in [0.1, 0.15) is 12.4 Å². The van der Waals surface area contributed by atoms with Gasteiger partial charge in [-0.3, -0.25) is 0 Å². The molecular formula is C17H19ClF3NO2S. The van der Waals surface area contributed by atoms with Crippen LogP contribution in [-0.4, -0.2) is 25.3 Å². The van der Waals surface area contributed by atoms with Crippen molar-refractivity contribution in [2.75, 3.05) is 20.3 Å². The molecule has 3 nitrogen and oxygen atoms in total. The second kappa shape index (κ2) is 8.38. The van der Waals surface area contributed by atoms with Gasteiger partial charge in [0.15, 0.2) is 4.47 Å². The average Bonchev–Trinajstić information content (AvgIpc) is 2.86. The summed E-state index contributed by atoms with van der Waals surface area (Å²) in [6, 6.07) is 3.96. The first-order valence-corrected chi connectivity index (χ1v) is 8.90. The minimum atomic E-state index is -4.53. The molecule has 25 heavy (non-hydrogen) atoms. The van der Waals surface area contributed by atoms with E-state index in [1.54, 1.807) is 6.07 Å². The summed E-state index contributed by atoms with van der Waals surface area (Å²) < 4.78 is 50.6. The predicted molar refractivity (Wildman–Crippen MR) is 93.5 cm³/mol. The number of aromatic nitrogens is 1. The molecule has 0 N–H and O–H groups in total. The third kappa shape index (κ3) is 5.33. The molecule has 0 unspecified atom stereocenters. The Morgan fingerprint density at radius 3 is 2.56 bits per heavy atom. The molecule has 1 aromatic carbocycles. The summed E-state index contributed by atoms with van der Waals surface area (Å²) in [6.45, 7) is 4.32. The first kappa shape index (κ1) is 20.0. The topological polar surface area (TPSA) is 31.4 Å². The maximum atomic E-state index is 13.4. The van der Waals surface area contributed by atoms with E-state index in [0.717, 1.165) is 10.9 Å². The average molecular weight is 394 g/mol. The number of rotatable bonds is 7. The van der Waals surface area contributed by atoms with Gasteiger partial charge in [0.05, 0.1) is 17.9 Å². The van der Waals surface area contributed by atoms with Gasteiger partial charge in [-0.15, -0.1) is 11.3 Å². The second-order valence-corrected chi connectivity index (χ2v) is 7.55. The highest BCUT2D eigenvalue weighted by Crippen LogP contribution is 2.40. The summed E-state index contributed by atoms with van der Waals surface area (Å²) in [5.41, 5.74) is 0.0450. The minimum absolute atomic E-state index is 0.0417. The summed E-state index contributed by atoms with van der Waals surface area (Å²) in [5, 5.41) is 0. The van der Waals surface area contributed by atoms with Gasteiger partial charge < -0.3 is 9.47 Å². The lowest BCUT2D eigenvalue weighted by atomic mass is 10.0. The Bertz CT molecular complexity index is 716. The third-order valence-corrected chi connectivity index (χ3v) is 4.55. The zero-order valence-electron chi connectivity index (χ0n) is 14.1. The lowest BCUT2D eigenvalue weighted by molar-refractivity contribution is -0.139. The molecule has 0 aliphatic heterocycles. The Hall–Kier alpha value is -1.31. The maximum Gasteiger partial charge on any atom is 0.419 e. The number of methoxy groups -OCH3 is 1. The molecule has 0 saturated carbocycles. The molecule has 8 heteroatoms. The van der Waals surface area contributed by atoms with Crippen molar-refractivity contribution in [2.24, 2.45) is 5.92 Å². The molecule has 0 amide bonds. The Balaban J connectivity index is 2.43. The predicted octanol–water partition coefficient (Wildman–Crippen LogP) is 5.71. The van der Waals surface area contributed by atoms with E-state index in [1.165, 1.54) is 24.5 Å². The summed E-state index contributed by atoms with van der Waals surface area (Å²) >= 11 is 7.29. The summed E-state index contributed by atoms with van der Waals surface area (Å²) in [5.74, 6) is 0.119. The van der Waals surface area contributed by atoms with Gasteiger partial charge in [-0.05, 0) is 30.5 Å². The molecule has 0 spiro atoms. The molecule has 1 heterocycles. The smallest absolute Gasteiger partial charge is 0.419 e. The van der Waals surface area contributed by atoms with Crippen molar-refractivity contribution in [3.05, 3.63) is 33.1 Å². The zero-order valence-corrected chi connectivity index (χ0v) is 15.7. The minimum Gasteiger partial charge on any atom is -0.491 e. The second-order valence-electron chi connectivity index (χ2n) is 5.89. The number of hydrogen-bond donors (Lipinski definition) is 0. The number of benzene rings is 1. The molecule has 138 valence electrons. The Morgan fingerprint density at radius 1 is 1.24 bits per heavy atom. The monoisotopic (exact) mass is 393 g/mol. The zero-order chi connectivity index (χ0) is 18.6. The molecule has 0 aliphatic rings. The van der Waals surface area contributed by atoms with E-state index < -0.39 is 11.7 Å². The van der Waals surface area contributed by atoms with Crippen LogP contribution in [0, 0.1) is 5.92 Å². The first-order valence-electron chi connectivity index (χ1n) is 7.71. The molecule has 0 atom stereocenters. The van der Waals surface area contributed by atoms with Crippen LogP contribution in [0.1, 0.15) is 24.3 Å². The SMILES string of the molecule is COCCOc1ccc(-c2nc(Cl)sc2CC(C)C)cc1C(F)(F)F. The van der Waals surface area contributed by atoms with Crippen LogP contribution < -0.4 is 4.74 Å². The Morgan fingerprint density at radius 2 is 1.96 bits per heavy atom. The van der Waals surface area contributed by atoms with E-state index in [0.29, 0.717) is 28.1 Å². The van der Waals surface area contributed by atoms with Crippen molar-refractivity contribution in [1.82, 2.24) is 4.98 Å². The van der Waals surface area contributed by atoms with Gasteiger partial charge >= 0.3 is 6.18 Å². The van der Waals surface area contributed by atoms with Gasteiger partial charge in [-0.2, -0.15) is 13.2 Å². The van der Waals surface area contributed by atoms with Crippen LogP contribution in [-0.2, 0) is 17.3 Å². The van der Waals surface area contributed by atoms with Gasteiger partial charge in [0.25, 0.3) is 0 Å². The molecule has 0 aliphatic carbocycles. The number of nitrogens with zero attached hydrogens (tertiary/aromatic N) is 1. The number of hydrogen-bond acceptors (Lipinski definition) is 4. The van der Waals surface area contributed by atoms with Gasteiger partial charge in [0, 0.05) is 17.6 Å². The fourth-order valence-electron chi connectivity index (χ4n) is 2.32. The standard InChI is InChI=1S/C17H19ClF3NO2S/c1-10(2)8-14-15(22-16(18)25-14)11-4-5-13(24-7-6-23-3)12(9-11)17(19,20)21/h4-5,9-10H,6-8H2,1-3H3. The fourth-order valence-corrected chi connectivity index (χ4v) is 3.70. The molecule has 0 radical (unpaired) electrons. The Labute approximate surface area is 153 Å². The van der Waals surface area contributed by atoms with Crippen molar-refractivity contribution in [3.8, 4) is 17.0 Å². The van der Waals surface area contributed by atoms with Crippen molar-refractivity contribution in [2.45, 2.75) is 26.4 Å². The van der Waals surface area contributed by atoms with E-state index >= 15 is 0 Å². The van der Waals surface area contributed by atoms with Crippen LogP contribution in [0.25, 0.3) is 11.3 Å². The van der Waals surface area contributed by atoms with E-state index in [2.05, 4.69) is 4.98 Å². The number of alkyl halides is 3. The molecule has 1 aromatic heterocycles.